The summed E-state index contributed by atoms with van der Waals surface area (Å²) in [6.45, 7) is 4.17. The lowest BCUT2D eigenvalue weighted by Crippen LogP contribution is -1.98. The second kappa shape index (κ2) is 4.80. The smallest absolute Gasteiger partial charge is 0.330 e. The van der Waals surface area contributed by atoms with E-state index in [2.05, 4.69) is 24.7 Å². The molecule has 1 aliphatic carbocycles. The lowest BCUT2D eigenvalue weighted by molar-refractivity contribution is -0.134. The molecule has 76 valence electrons. The topological polar surface area (TPSA) is 26.3 Å². The minimum absolute atomic E-state index is 0.302. The Balaban J connectivity index is 2.81. The molecule has 0 fully saturated rings. The molecule has 0 saturated heterocycles. The maximum absolute atomic E-state index is 10.9. The van der Waals surface area contributed by atoms with Crippen LogP contribution in [0.2, 0.25) is 0 Å². The first-order chi connectivity index (χ1) is 6.65. The summed E-state index contributed by atoms with van der Waals surface area (Å²) in [7, 11) is 1.39. The average molecular weight is 192 g/mol. The molecule has 0 aromatic carbocycles. The van der Waals surface area contributed by atoms with Gasteiger partial charge < -0.3 is 4.74 Å². The minimum atomic E-state index is -0.302. The number of allylic oxidation sites excluding steroid dienone is 5. The van der Waals surface area contributed by atoms with Crippen LogP contribution in [0.5, 0.6) is 0 Å². The molecule has 0 unspecified atom stereocenters. The number of carbonyl (C=O) groups excluding carboxylic acids is 1. The Kier molecular flexibility index (Phi) is 3.69. The van der Waals surface area contributed by atoms with Crippen LogP contribution in [0, 0.1) is 0 Å². The summed E-state index contributed by atoms with van der Waals surface area (Å²) in [5.74, 6) is -0.302. The maximum Gasteiger partial charge on any atom is 0.330 e. The highest BCUT2D eigenvalue weighted by Crippen LogP contribution is 2.25. The Hall–Kier alpha value is -1.31. The van der Waals surface area contributed by atoms with Gasteiger partial charge in [-0.15, -0.1) is 0 Å². The van der Waals surface area contributed by atoms with Crippen molar-refractivity contribution < 1.29 is 9.53 Å². The first-order valence-electron chi connectivity index (χ1n) is 4.78. The molecule has 0 radical (unpaired) electrons. The Morgan fingerprint density at radius 1 is 1.50 bits per heavy atom. The van der Waals surface area contributed by atoms with E-state index >= 15 is 0 Å². The second-order valence-electron chi connectivity index (χ2n) is 3.48. The number of ether oxygens (including phenoxy) is 1. The average Bonchev–Trinajstić information content (AvgIpc) is 2.16. The standard InChI is InChI=1S/C12H16O2/c1-9-5-4-6-10(2)11(9)7-8-12(13)14-3/h5,7-8H,4,6H2,1-3H3. The number of methoxy groups -OCH3 is 1. The highest BCUT2D eigenvalue weighted by molar-refractivity contribution is 5.82. The van der Waals surface area contributed by atoms with E-state index < -0.39 is 0 Å². The number of hydrogen-bond acceptors (Lipinski definition) is 2. The molecule has 1 rings (SSSR count). The van der Waals surface area contributed by atoms with Gasteiger partial charge in [-0.1, -0.05) is 11.6 Å². The lowest BCUT2D eigenvalue weighted by Gasteiger charge is -2.13. The first kappa shape index (κ1) is 10.8. The number of hydrogen-bond donors (Lipinski definition) is 0. The third kappa shape index (κ3) is 2.59. The van der Waals surface area contributed by atoms with E-state index in [0.717, 1.165) is 12.8 Å². The van der Waals surface area contributed by atoms with Crippen molar-refractivity contribution in [3.05, 3.63) is 34.9 Å². The van der Waals surface area contributed by atoms with Crippen molar-refractivity contribution in [2.75, 3.05) is 7.11 Å². The molecule has 0 atom stereocenters. The fourth-order valence-electron chi connectivity index (χ4n) is 1.58. The quantitative estimate of drug-likeness (QED) is 0.496. The van der Waals surface area contributed by atoms with Gasteiger partial charge in [0.25, 0.3) is 0 Å². The van der Waals surface area contributed by atoms with Gasteiger partial charge >= 0.3 is 5.97 Å². The summed E-state index contributed by atoms with van der Waals surface area (Å²) < 4.78 is 4.54. The zero-order chi connectivity index (χ0) is 10.6. The van der Waals surface area contributed by atoms with Crippen LogP contribution in [0.15, 0.2) is 34.9 Å². The number of esters is 1. The van der Waals surface area contributed by atoms with Gasteiger partial charge in [-0.25, -0.2) is 4.79 Å². The van der Waals surface area contributed by atoms with Gasteiger partial charge in [0.2, 0.25) is 0 Å². The molecule has 0 aromatic rings. The first-order valence-corrected chi connectivity index (χ1v) is 4.78. The molecule has 1 aliphatic rings. The van der Waals surface area contributed by atoms with E-state index in [0.29, 0.717) is 0 Å². The Morgan fingerprint density at radius 3 is 2.79 bits per heavy atom. The predicted octanol–water partition coefficient (Wildman–Crippen LogP) is 2.77. The van der Waals surface area contributed by atoms with Crippen molar-refractivity contribution in [1.82, 2.24) is 0 Å². The van der Waals surface area contributed by atoms with Gasteiger partial charge in [0.15, 0.2) is 0 Å². The van der Waals surface area contributed by atoms with Crippen LogP contribution in [0.3, 0.4) is 0 Å². The number of carbonyl (C=O) groups is 1. The fraction of sp³-hybridized carbons (Fsp3) is 0.417. The predicted molar refractivity (Wildman–Crippen MR) is 56.8 cm³/mol. The number of rotatable bonds is 2. The zero-order valence-corrected chi connectivity index (χ0v) is 8.96. The van der Waals surface area contributed by atoms with E-state index in [4.69, 9.17) is 0 Å². The van der Waals surface area contributed by atoms with Gasteiger partial charge in [-0.3, -0.25) is 0 Å². The van der Waals surface area contributed by atoms with E-state index in [1.807, 2.05) is 6.08 Å². The highest BCUT2D eigenvalue weighted by Gasteiger charge is 2.07. The van der Waals surface area contributed by atoms with Crippen LogP contribution >= 0.6 is 0 Å². The maximum atomic E-state index is 10.9. The largest absolute Gasteiger partial charge is 0.466 e. The van der Waals surface area contributed by atoms with Crippen LogP contribution in [-0.4, -0.2) is 13.1 Å². The highest BCUT2D eigenvalue weighted by atomic mass is 16.5. The molecule has 0 aromatic heterocycles. The Labute approximate surface area is 85.0 Å². The van der Waals surface area contributed by atoms with Crippen molar-refractivity contribution in [3.8, 4) is 0 Å². The third-order valence-electron chi connectivity index (χ3n) is 2.44. The Morgan fingerprint density at radius 2 is 2.21 bits per heavy atom. The molecular formula is C12H16O2. The molecule has 0 N–H and O–H groups in total. The molecule has 0 aliphatic heterocycles. The van der Waals surface area contributed by atoms with Crippen LogP contribution in [-0.2, 0) is 9.53 Å². The summed E-state index contributed by atoms with van der Waals surface area (Å²) in [5, 5.41) is 0. The summed E-state index contributed by atoms with van der Waals surface area (Å²) in [4.78, 5) is 10.9. The molecule has 0 bridgehead atoms. The lowest BCUT2D eigenvalue weighted by atomic mass is 9.92. The van der Waals surface area contributed by atoms with Crippen molar-refractivity contribution >= 4 is 5.97 Å². The van der Waals surface area contributed by atoms with E-state index in [9.17, 15) is 4.79 Å². The van der Waals surface area contributed by atoms with Crippen LogP contribution in [0.1, 0.15) is 26.7 Å². The van der Waals surface area contributed by atoms with E-state index in [1.54, 1.807) is 0 Å². The Bertz CT molecular complexity index is 319. The normalized spacial score (nSPS) is 17.2. The van der Waals surface area contributed by atoms with Gasteiger partial charge in [-0.2, -0.15) is 0 Å². The van der Waals surface area contributed by atoms with E-state index in [-0.39, 0.29) is 5.97 Å². The second-order valence-corrected chi connectivity index (χ2v) is 3.48. The zero-order valence-electron chi connectivity index (χ0n) is 8.96. The van der Waals surface area contributed by atoms with Gasteiger partial charge in [-0.05, 0) is 43.9 Å². The van der Waals surface area contributed by atoms with Crippen LogP contribution in [0.4, 0.5) is 0 Å². The molecule has 0 saturated carbocycles. The summed E-state index contributed by atoms with van der Waals surface area (Å²) in [6.07, 6.45) is 7.70. The molecule has 2 heteroatoms. The molecular weight excluding hydrogens is 176 g/mol. The summed E-state index contributed by atoms with van der Waals surface area (Å²) in [5.41, 5.74) is 3.75. The SMILES string of the molecule is COC(=O)C=CC1=C(C)CCC=C1C. The van der Waals surface area contributed by atoms with Crippen molar-refractivity contribution in [3.63, 3.8) is 0 Å². The van der Waals surface area contributed by atoms with Crippen LogP contribution in [0.25, 0.3) is 0 Å². The monoisotopic (exact) mass is 192 g/mol. The van der Waals surface area contributed by atoms with Crippen molar-refractivity contribution in [2.45, 2.75) is 26.7 Å². The summed E-state index contributed by atoms with van der Waals surface area (Å²) >= 11 is 0. The van der Waals surface area contributed by atoms with Gasteiger partial charge in [0, 0.05) is 6.08 Å². The van der Waals surface area contributed by atoms with E-state index in [1.165, 1.54) is 29.9 Å². The minimum Gasteiger partial charge on any atom is -0.466 e. The molecule has 2 nitrogen and oxygen atoms in total. The molecule has 0 heterocycles. The van der Waals surface area contributed by atoms with Crippen LogP contribution < -0.4 is 0 Å². The molecule has 0 spiro atoms. The van der Waals surface area contributed by atoms with Crippen molar-refractivity contribution in [2.24, 2.45) is 0 Å². The fourth-order valence-corrected chi connectivity index (χ4v) is 1.58. The molecule has 0 amide bonds. The summed E-state index contributed by atoms with van der Waals surface area (Å²) in [6, 6.07) is 0. The third-order valence-corrected chi connectivity index (χ3v) is 2.44. The van der Waals surface area contributed by atoms with Gasteiger partial charge in [0.05, 0.1) is 7.11 Å². The molecule has 14 heavy (non-hydrogen) atoms. The van der Waals surface area contributed by atoms with Gasteiger partial charge in [0.1, 0.15) is 0 Å². The van der Waals surface area contributed by atoms with Crippen molar-refractivity contribution in [1.29, 1.82) is 0 Å².